The monoisotopic (exact) mass is 333 g/mol. The Morgan fingerprint density at radius 3 is 2.67 bits per heavy atom. The standard InChI is InChI=1S/C16H19N3O5/c1-3-7-16(2,15(21)22)17-14(20)10-18-8-6-11-9-12(19(23)24)4-5-13(11)18/h4-6,8-9H,3,7,10H2,1-2H3,(H,17,20)(H,21,22). The summed E-state index contributed by atoms with van der Waals surface area (Å²) in [5, 5.41) is 23.3. The van der Waals surface area contributed by atoms with Crippen molar-refractivity contribution in [2.24, 2.45) is 0 Å². The van der Waals surface area contributed by atoms with E-state index in [9.17, 15) is 24.8 Å². The second-order valence-electron chi connectivity index (χ2n) is 5.88. The van der Waals surface area contributed by atoms with E-state index < -0.39 is 22.3 Å². The van der Waals surface area contributed by atoms with Crippen molar-refractivity contribution in [2.45, 2.75) is 38.8 Å². The lowest BCUT2D eigenvalue weighted by Crippen LogP contribution is -2.52. The molecular weight excluding hydrogens is 314 g/mol. The number of carboxylic acids is 1. The third kappa shape index (κ3) is 3.53. The van der Waals surface area contributed by atoms with Gasteiger partial charge in [-0.05, 0) is 25.5 Å². The average molecular weight is 333 g/mol. The van der Waals surface area contributed by atoms with Crippen molar-refractivity contribution >= 4 is 28.5 Å². The molecule has 1 atom stereocenters. The van der Waals surface area contributed by atoms with Gasteiger partial charge in [-0.15, -0.1) is 0 Å². The first-order valence-corrected chi connectivity index (χ1v) is 7.54. The Kier molecular flexibility index (Phi) is 4.87. The van der Waals surface area contributed by atoms with Gasteiger partial charge in [0.15, 0.2) is 0 Å². The highest BCUT2D eigenvalue weighted by Crippen LogP contribution is 2.22. The zero-order valence-corrected chi connectivity index (χ0v) is 13.5. The first-order valence-electron chi connectivity index (χ1n) is 7.54. The van der Waals surface area contributed by atoms with Crippen molar-refractivity contribution in [3.63, 3.8) is 0 Å². The van der Waals surface area contributed by atoms with Gasteiger partial charge in [0.25, 0.3) is 5.69 Å². The molecule has 8 heteroatoms. The number of amides is 1. The van der Waals surface area contributed by atoms with Gasteiger partial charge in [-0.2, -0.15) is 0 Å². The number of nitro groups is 1. The van der Waals surface area contributed by atoms with Gasteiger partial charge < -0.3 is 15.0 Å². The highest BCUT2D eigenvalue weighted by molar-refractivity contribution is 5.88. The van der Waals surface area contributed by atoms with E-state index in [0.717, 1.165) is 0 Å². The highest BCUT2D eigenvalue weighted by Gasteiger charge is 2.33. The van der Waals surface area contributed by atoms with Crippen LogP contribution in [-0.2, 0) is 16.1 Å². The number of hydrogen-bond donors (Lipinski definition) is 2. The molecule has 0 spiro atoms. The van der Waals surface area contributed by atoms with Crippen LogP contribution in [0.3, 0.4) is 0 Å². The molecule has 2 N–H and O–H groups in total. The summed E-state index contributed by atoms with van der Waals surface area (Å²) in [6.45, 7) is 3.27. The Morgan fingerprint density at radius 1 is 1.38 bits per heavy atom. The number of aromatic nitrogens is 1. The van der Waals surface area contributed by atoms with Gasteiger partial charge in [0, 0.05) is 29.2 Å². The normalized spacial score (nSPS) is 13.4. The Balaban J connectivity index is 2.19. The number of non-ortho nitro benzene ring substituents is 1. The van der Waals surface area contributed by atoms with E-state index in [-0.39, 0.29) is 12.2 Å². The van der Waals surface area contributed by atoms with E-state index in [1.165, 1.54) is 19.1 Å². The molecule has 0 saturated heterocycles. The third-order valence-electron chi connectivity index (χ3n) is 3.92. The van der Waals surface area contributed by atoms with Gasteiger partial charge in [0.2, 0.25) is 5.91 Å². The fraction of sp³-hybridized carbons (Fsp3) is 0.375. The number of aliphatic carboxylic acids is 1. The average Bonchev–Trinajstić information content (AvgIpc) is 2.89. The molecule has 128 valence electrons. The van der Waals surface area contributed by atoms with Crippen LogP contribution in [0.25, 0.3) is 10.9 Å². The lowest BCUT2D eigenvalue weighted by Gasteiger charge is -2.26. The van der Waals surface area contributed by atoms with E-state index in [4.69, 9.17) is 0 Å². The van der Waals surface area contributed by atoms with Crippen LogP contribution >= 0.6 is 0 Å². The van der Waals surface area contributed by atoms with Crippen LogP contribution in [0.15, 0.2) is 30.5 Å². The molecule has 0 fully saturated rings. The van der Waals surface area contributed by atoms with Gasteiger partial charge in [-0.1, -0.05) is 13.3 Å². The van der Waals surface area contributed by atoms with Crippen molar-refractivity contribution in [2.75, 3.05) is 0 Å². The molecule has 1 heterocycles. The van der Waals surface area contributed by atoms with Gasteiger partial charge in [-0.25, -0.2) is 4.79 Å². The maximum atomic E-state index is 12.2. The highest BCUT2D eigenvalue weighted by atomic mass is 16.6. The van der Waals surface area contributed by atoms with Crippen molar-refractivity contribution in [1.29, 1.82) is 0 Å². The lowest BCUT2D eigenvalue weighted by molar-refractivity contribution is -0.384. The van der Waals surface area contributed by atoms with Crippen molar-refractivity contribution in [1.82, 2.24) is 9.88 Å². The molecule has 24 heavy (non-hydrogen) atoms. The molecule has 1 amide bonds. The Hall–Kier alpha value is -2.90. The minimum atomic E-state index is -1.31. The first-order chi connectivity index (χ1) is 11.3. The van der Waals surface area contributed by atoms with Crippen LogP contribution in [-0.4, -0.2) is 32.0 Å². The number of nitro benzene ring substituents is 1. The van der Waals surface area contributed by atoms with Crippen LogP contribution in [0, 0.1) is 10.1 Å². The number of rotatable bonds is 7. The Labute approximate surface area is 138 Å². The number of fused-ring (bicyclic) bond motifs is 1. The fourth-order valence-electron chi connectivity index (χ4n) is 2.66. The van der Waals surface area contributed by atoms with Gasteiger partial charge in [0.1, 0.15) is 12.1 Å². The first kappa shape index (κ1) is 17.5. The van der Waals surface area contributed by atoms with Crippen molar-refractivity contribution < 1.29 is 19.6 Å². The number of hydrogen-bond acceptors (Lipinski definition) is 4. The second kappa shape index (κ2) is 6.69. The summed E-state index contributed by atoms with van der Waals surface area (Å²) in [6.07, 6.45) is 2.60. The smallest absolute Gasteiger partial charge is 0.329 e. The molecule has 0 bridgehead atoms. The molecule has 0 radical (unpaired) electrons. The number of nitrogens with one attached hydrogen (secondary N) is 1. The zero-order valence-electron chi connectivity index (χ0n) is 13.5. The second-order valence-corrected chi connectivity index (χ2v) is 5.88. The maximum Gasteiger partial charge on any atom is 0.329 e. The van der Waals surface area contributed by atoms with Crippen LogP contribution < -0.4 is 5.32 Å². The third-order valence-corrected chi connectivity index (χ3v) is 3.92. The zero-order chi connectivity index (χ0) is 17.9. The Bertz CT molecular complexity index is 798. The van der Waals surface area contributed by atoms with Crippen LogP contribution in [0.5, 0.6) is 0 Å². The van der Waals surface area contributed by atoms with Crippen molar-refractivity contribution in [3.8, 4) is 0 Å². The van der Waals surface area contributed by atoms with Gasteiger partial charge >= 0.3 is 5.97 Å². The Morgan fingerprint density at radius 2 is 2.08 bits per heavy atom. The molecule has 2 rings (SSSR count). The number of carboxylic acid groups (broad SMARTS) is 1. The largest absolute Gasteiger partial charge is 0.480 e. The molecule has 2 aromatic rings. The summed E-state index contributed by atoms with van der Waals surface area (Å²) in [6, 6.07) is 6.05. The molecule has 0 aliphatic rings. The summed E-state index contributed by atoms with van der Waals surface area (Å²) in [5.41, 5.74) is -0.664. The number of nitrogens with zero attached hydrogens (tertiary/aromatic N) is 2. The summed E-state index contributed by atoms with van der Waals surface area (Å²) in [5.74, 6) is -1.50. The van der Waals surface area contributed by atoms with E-state index in [2.05, 4.69) is 5.32 Å². The van der Waals surface area contributed by atoms with E-state index in [0.29, 0.717) is 23.7 Å². The van der Waals surface area contributed by atoms with Gasteiger partial charge in [0.05, 0.1) is 4.92 Å². The summed E-state index contributed by atoms with van der Waals surface area (Å²) < 4.78 is 1.63. The summed E-state index contributed by atoms with van der Waals surface area (Å²) >= 11 is 0. The predicted octanol–water partition coefficient (Wildman–Crippen LogP) is 2.31. The number of carbonyl (C=O) groups excluding carboxylic acids is 1. The minimum Gasteiger partial charge on any atom is -0.480 e. The van der Waals surface area contributed by atoms with Crippen molar-refractivity contribution in [3.05, 3.63) is 40.6 Å². The fourth-order valence-corrected chi connectivity index (χ4v) is 2.66. The van der Waals surface area contributed by atoms with Crippen LogP contribution in [0.4, 0.5) is 5.69 Å². The molecule has 1 aromatic heterocycles. The maximum absolute atomic E-state index is 12.2. The molecule has 0 saturated carbocycles. The van der Waals surface area contributed by atoms with Crippen LogP contribution in [0.1, 0.15) is 26.7 Å². The molecule has 0 aliphatic heterocycles. The SMILES string of the molecule is CCCC(C)(NC(=O)Cn1ccc2cc([N+](=O)[O-])ccc21)C(=O)O. The summed E-state index contributed by atoms with van der Waals surface area (Å²) in [4.78, 5) is 33.9. The minimum absolute atomic E-state index is 0.0221. The number of benzene rings is 1. The molecule has 0 aliphatic carbocycles. The summed E-state index contributed by atoms with van der Waals surface area (Å²) in [7, 11) is 0. The molecular formula is C16H19N3O5. The van der Waals surface area contributed by atoms with E-state index in [1.54, 1.807) is 22.9 Å². The quantitative estimate of drug-likeness (QED) is 0.596. The molecule has 1 unspecified atom stereocenters. The topological polar surface area (TPSA) is 114 Å². The number of carbonyl (C=O) groups is 2. The molecule has 1 aromatic carbocycles. The van der Waals surface area contributed by atoms with Gasteiger partial charge in [-0.3, -0.25) is 14.9 Å². The van der Waals surface area contributed by atoms with E-state index in [1.807, 2.05) is 6.92 Å². The molecule has 8 nitrogen and oxygen atoms in total. The lowest BCUT2D eigenvalue weighted by atomic mass is 9.96. The van der Waals surface area contributed by atoms with Crippen LogP contribution in [0.2, 0.25) is 0 Å². The predicted molar refractivity (Wildman–Crippen MR) is 87.7 cm³/mol. The van der Waals surface area contributed by atoms with E-state index >= 15 is 0 Å².